The summed E-state index contributed by atoms with van der Waals surface area (Å²) in [4.78, 5) is 23.1. The lowest BCUT2D eigenvalue weighted by Gasteiger charge is -2.20. The van der Waals surface area contributed by atoms with Crippen LogP contribution >= 0.6 is 0 Å². The lowest BCUT2D eigenvalue weighted by atomic mass is 10.1. The molecule has 22 heavy (non-hydrogen) atoms. The van der Waals surface area contributed by atoms with E-state index in [9.17, 15) is 4.79 Å². The number of nitrogens with zero attached hydrogens (tertiary/aromatic N) is 4. The topological polar surface area (TPSA) is 60.3 Å². The molecule has 1 aliphatic heterocycles. The van der Waals surface area contributed by atoms with Gasteiger partial charge in [-0.05, 0) is 25.5 Å². The van der Waals surface area contributed by atoms with Crippen molar-refractivity contribution in [1.29, 1.82) is 0 Å². The van der Waals surface area contributed by atoms with Gasteiger partial charge in [-0.2, -0.15) is 0 Å². The van der Waals surface area contributed by atoms with Crippen LogP contribution in [-0.2, 0) is 19.9 Å². The van der Waals surface area contributed by atoms with Crippen molar-refractivity contribution in [1.82, 2.24) is 19.4 Å². The Bertz CT molecular complexity index is 681. The highest BCUT2D eigenvalue weighted by Crippen LogP contribution is 2.22. The van der Waals surface area contributed by atoms with Crippen molar-refractivity contribution in [2.75, 3.05) is 19.7 Å². The zero-order chi connectivity index (χ0) is 15.5. The van der Waals surface area contributed by atoms with E-state index in [2.05, 4.69) is 9.97 Å². The number of hydrogen-bond donors (Lipinski definition) is 0. The molecular formula is C16H20N4O2. The summed E-state index contributed by atoms with van der Waals surface area (Å²) in [6.45, 7) is 3.84. The molecule has 3 rings (SSSR count). The van der Waals surface area contributed by atoms with Gasteiger partial charge in [-0.15, -0.1) is 0 Å². The number of amides is 1. The molecule has 2 aromatic rings. The molecule has 1 aliphatic rings. The zero-order valence-electron chi connectivity index (χ0n) is 13.0. The van der Waals surface area contributed by atoms with Gasteiger partial charge in [0, 0.05) is 38.3 Å². The van der Waals surface area contributed by atoms with Crippen LogP contribution in [0.15, 0.2) is 24.7 Å². The number of hydrogen-bond acceptors (Lipinski definition) is 4. The summed E-state index contributed by atoms with van der Waals surface area (Å²) in [5.41, 5.74) is 2.73. The average molecular weight is 300 g/mol. The molecule has 116 valence electrons. The number of rotatable bonds is 3. The zero-order valence-corrected chi connectivity index (χ0v) is 13.0. The molecule has 1 amide bonds. The molecule has 6 heteroatoms. The lowest BCUT2D eigenvalue weighted by Crippen LogP contribution is -2.34. The molecule has 0 aliphatic carbocycles. The van der Waals surface area contributed by atoms with Crippen molar-refractivity contribution in [2.45, 2.75) is 19.8 Å². The summed E-state index contributed by atoms with van der Waals surface area (Å²) in [7, 11) is 1.89. The lowest BCUT2D eigenvalue weighted by molar-refractivity contribution is 0.0753. The molecule has 0 fully saturated rings. The Hall–Kier alpha value is -2.37. The van der Waals surface area contributed by atoms with Crippen LogP contribution in [0.25, 0.3) is 0 Å². The third-order valence-electron chi connectivity index (χ3n) is 3.98. The highest BCUT2D eigenvalue weighted by molar-refractivity contribution is 5.92. The number of aryl methyl sites for hydroxylation is 1. The van der Waals surface area contributed by atoms with E-state index in [0.29, 0.717) is 31.3 Å². The highest BCUT2D eigenvalue weighted by atomic mass is 16.5. The van der Waals surface area contributed by atoms with Crippen molar-refractivity contribution in [3.63, 3.8) is 0 Å². The van der Waals surface area contributed by atoms with Crippen LogP contribution in [0.4, 0.5) is 0 Å². The summed E-state index contributed by atoms with van der Waals surface area (Å²) in [6.07, 6.45) is 4.88. The first kappa shape index (κ1) is 14.6. The number of ether oxygens (including phenoxy) is 1. The molecule has 0 atom stereocenters. The van der Waals surface area contributed by atoms with Gasteiger partial charge in [-0.3, -0.25) is 4.79 Å². The molecule has 2 aromatic heterocycles. The summed E-state index contributed by atoms with van der Waals surface area (Å²) >= 11 is 0. The van der Waals surface area contributed by atoms with Crippen molar-refractivity contribution in [2.24, 2.45) is 7.05 Å². The molecular weight excluding hydrogens is 280 g/mol. The van der Waals surface area contributed by atoms with E-state index in [-0.39, 0.29) is 5.91 Å². The molecule has 0 saturated carbocycles. The van der Waals surface area contributed by atoms with E-state index in [0.717, 1.165) is 24.1 Å². The van der Waals surface area contributed by atoms with Gasteiger partial charge < -0.3 is 14.2 Å². The Labute approximate surface area is 129 Å². The Morgan fingerprint density at radius 1 is 1.32 bits per heavy atom. The number of fused-ring (bicyclic) bond motifs is 1. The van der Waals surface area contributed by atoms with Gasteiger partial charge in [-0.1, -0.05) is 0 Å². The second kappa shape index (κ2) is 6.17. The normalized spacial score (nSPS) is 14.4. The van der Waals surface area contributed by atoms with E-state index < -0.39 is 0 Å². The van der Waals surface area contributed by atoms with Crippen molar-refractivity contribution in [3.8, 4) is 5.88 Å². The molecule has 0 saturated heterocycles. The quantitative estimate of drug-likeness (QED) is 0.861. The monoisotopic (exact) mass is 300 g/mol. The fourth-order valence-corrected chi connectivity index (χ4v) is 2.81. The Kier molecular flexibility index (Phi) is 4.09. The van der Waals surface area contributed by atoms with Gasteiger partial charge in [0.1, 0.15) is 12.0 Å². The molecule has 0 N–H and O–H groups in total. The fraction of sp³-hybridized carbons (Fsp3) is 0.438. The Morgan fingerprint density at radius 2 is 2.14 bits per heavy atom. The Morgan fingerprint density at radius 3 is 2.86 bits per heavy atom. The van der Waals surface area contributed by atoms with Crippen LogP contribution in [0, 0.1) is 0 Å². The van der Waals surface area contributed by atoms with Crippen molar-refractivity contribution < 1.29 is 9.53 Å². The third kappa shape index (κ3) is 2.68. The van der Waals surface area contributed by atoms with Gasteiger partial charge >= 0.3 is 0 Å². The van der Waals surface area contributed by atoms with Gasteiger partial charge in [0.25, 0.3) is 5.91 Å². The number of carbonyl (C=O) groups excluding carboxylic acids is 1. The fourth-order valence-electron chi connectivity index (χ4n) is 2.81. The first-order valence-corrected chi connectivity index (χ1v) is 7.57. The van der Waals surface area contributed by atoms with Crippen LogP contribution < -0.4 is 4.74 Å². The predicted molar refractivity (Wildman–Crippen MR) is 81.9 cm³/mol. The van der Waals surface area contributed by atoms with Crippen LogP contribution in [0.5, 0.6) is 5.88 Å². The molecule has 0 spiro atoms. The second-order valence-electron chi connectivity index (χ2n) is 5.33. The summed E-state index contributed by atoms with van der Waals surface area (Å²) in [6, 6.07) is 3.74. The molecule has 0 radical (unpaired) electrons. The van der Waals surface area contributed by atoms with Gasteiger partial charge in [0.15, 0.2) is 0 Å². The molecule has 3 heterocycles. The van der Waals surface area contributed by atoms with Gasteiger partial charge in [-0.25, -0.2) is 9.97 Å². The first-order valence-electron chi connectivity index (χ1n) is 7.57. The minimum absolute atomic E-state index is 0.0613. The largest absolute Gasteiger partial charge is 0.478 e. The highest BCUT2D eigenvalue weighted by Gasteiger charge is 2.24. The average Bonchev–Trinajstić information content (AvgIpc) is 2.82. The maximum absolute atomic E-state index is 12.6. The summed E-state index contributed by atoms with van der Waals surface area (Å²) < 4.78 is 7.44. The second-order valence-corrected chi connectivity index (χ2v) is 5.33. The van der Waals surface area contributed by atoms with E-state index >= 15 is 0 Å². The first-order chi connectivity index (χ1) is 10.7. The maximum Gasteiger partial charge on any atom is 0.270 e. The van der Waals surface area contributed by atoms with Crippen LogP contribution in [0.2, 0.25) is 0 Å². The minimum atomic E-state index is 0.0613. The van der Waals surface area contributed by atoms with Crippen LogP contribution in [0.1, 0.15) is 28.7 Å². The van der Waals surface area contributed by atoms with Crippen LogP contribution in [-0.4, -0.2) is 45.0 Å². The Balaban J connectivity index is 1.80. The molecule has 6 nitrogen and oxygen atoms in total. The number of carbonyl (C=O) groups is 1. The molecule has 0 unspecified atom stereocenters. The summed E-state index contributed by atoms with van der Waals surface area (Å²) in [5, 5.41) is 0. The molecule has 0 bridgehead atoms. The smallest absolute Gasteiger partial charge is 0.270 e. The predicted octanol–water partition coefficient (Wildman–Crippen LogP) is 1.45. The van der Waals surface area contributed by atoms with Crippen molar-refractivity contribution in [3.05, 3.63) is 41.6 Å². The molecule has 0 aromatic carbocycles. The SMILES string of the molecule is CCOc1ncnc2c1CCN(C(=O)c1cccn1C)CC2. The van der Waals surface area contributed by atoms with E-state index in [1.165, 1.54) is 0 Å². The van der Waals surface area contributed by atoms with Gasteiger partial charge in [0.2, 0.25) is 5.88 Å². The minimum Gasteiger partial charge on any atom is -0.478 e. The van der Waals surface area contributed by atoms with E-state index in [4.69, 9.17) is 4.74 Å². The van der Waals surface area contributed by atoms with Crippen LogP contribution in [0.3, 0.4) is 0 Å². The van der Waals surface area contributed by atoms with Crippen molar-refractivity contribution >= 4 is 5.91 Å². The summed E-state index contributed by atoms with van der Waals surface area (Å²) in [5.74, 6) is 0.715. The maximum atomic E-state index is 12.6. The van der Waals surface area contributed by atoms with E-state index in [1.807, 2.05) is 41.8 Å². The third-order valence-corrected chi connectivity index (χ3v) is 3.98. The number of aromatic nitrogens is 3. The standard InChI is InChI=1S/C16H20N4O2/c1-3-22-15-12-6-9-20(10-7-13(12)17-11-18-15)16(21)14-5-4-8-19(14)2/h4-5,8,11H,3,6-7,9-10H2,1-2H3. The van der Waals surface area contributed by atoms with Gasteiger partial charge in [0.05, 0.1) is 12.3 Å². The van der Waals surface area contributed by atoms with E-state index in [1.54, 1.807) is 6.33 Å².